The molecule has 0 spiro atoms. The average Bonchev–Trinajstić information content (AvgIpc) is 3.39. The molecule has 3 unspecified atom stereocenters. The van der Waals surface area contributed by atoms with E-state index in [1.807, 2.05) is 20.9 Å². The van der Waals surface area contributed by atoms with Crippen LogP contribution in [0.4, 0.5) is 0 Å². The van der Waals surface area contributed by atoms with Gasteiger partial charge in [0, 0.05) is 34.3 Å². The zero-order valence-electron chi connectivity index (χ0n) is 22.2. The number of methoxy groups -OCH3 is 1. The number of aliphatic hydroxyl groups excluding tert-OH is 1. The first-order chi connectivity index (χ1) is 18.4. The van der Waals surface area contributed by atoms with Crippen molar-refractivity contribution in [3.05, 3.63) is 52.1 Å². The van der Waals surface area contributed by atoms with E-state index in [2.05, 4.69) is 28.5 Å². The second-order valence-corrected chi connectivity index (χ2v) is 10.5. The van der Waals surface area contributed by atoms with Crippen molar-refractivity contribution in [1.29, 1.82) is 5.26 Å². The molecule has 2 N–H and O–H groups in total. The second-order valence-electron chi connectivity index (χ2n) is 10.5. The van der Waals surface area contributed by atoms with Crippen LogP contribution in [0.15, 0.2) is 18.7 Å². The van der Waals surface area contributed by atoms with Crippen LogP contribution in [0.25, 0.3) is 0 Å². The van der Waals surface area contributed by atoms with Crippen LogP contribution in [0, 0.1) is 25.2 Å². The summed E-state index contributed by atoms with van der Waals surface area (Å²) in [6.45, 7) is 7.88. The fraction of sp³-hybridized carbons (Fsp3) is 0.483. The molecule has 2 bridgehead atoms. The van der Waals surface area contributed by atoms with Gasteiger partial charge in [-0.15, -0.1) is 0 Å². The number of hydrogen-bond acceptors (Lipinski definition) is 9. The van der Waals surface area contributed by atoms with Gasteiger partial charge in [0.2, 0.25) is 6.79 Å². The van der Waals surface area contributed by atoms with Gasteiger partial charge in [-0.2, -0.15) is 5.26 Å². The van der Waals surface area contributed by atoms with Crippen molar-refractivity contribution in [1.82, 2.24) is 9.80 Å². The van der Waals surface area contributed by atoms with Crippen molar-refractivity contribution >= 4 is 0 Å². The normalized spacial score (nSPS) is 27.1. The van der Waals surface area contributed by atoms with E-state index in [0.29, 0.717) is 42.4 Å². The minimum atomic E-state index is -0.509. The van der Waals surface area contributed by atoms with Crippen LogP contribution in [0.3, 0.4) is 0 Å². The van der Waals surface area contributed by atoms with Crippen molar-refractivity contribution in [2.75, 3.05) is 34.2 Å². The standard InChI is InChI=1S/C29H33N3O6/c1-6-7-36-27-15(3)28-29(38-13-37-28)23-17(27)10-19-24-22-16(8-14(2)26(35-5)25(22)34)9-18(31(24)4)20(11-30)32(19)21(23)12-33/h6,8,18-21,24,33-34H,1,7,9-10,12-13H2,2-5H3/t18?,19?,20-,21-,24?/m0/s1. The molecule has 0 aliphatic carbocycles. The molecule has 0 radical (unpaired) electrons. The molecule has 200 valence electrons. The Bertz CT molecular complexity index is 1370. The van der Waals surface area contributed by atoms with Crippen molar-refractivity contribution in [2.24, 2.45) is 0 Å². The Morgan fingerprint density at radius 1 is 1.18 bits per heavy atom. The maximum absolute atomic E-state index is 11.5. The molecule has 6 rings (SSSR count). The number of nitriles is 1. The number of fused-ring (bicyclic) bond motifs is 9. The topological polar surface area (TPSA) is 108 Å². The zero-order chi connectivity index (χ0) is 26.9. The number of likely N-dealkylation sites (N-methyl/N-ethyl adjacent to an activating group) is 1. The molecule has 1 fully saturated rings. The number of aliphatic hydroxyl groups is 1. The predicted octanol–water partition coefficient (Wildman–Crippen LogP) is 3.07. The molecule has 38 heavy (non-hydrogen) atoms. The van der Waals surface area contributed by atoms with E-state index in [0.717, 1.165) is 33.4 Å². The van der Waals surface area contributed by atoms with Crippen LogP contribution >= 0.6 is 0 Å². The number of aromatic hydroxyl groups is 1. The van der Waals surface area contributed by atoms with E-state index in [-0.39, 0.29) is 37.3 Å². The van der Waals surface area contributed by atoms with Crippen molar-refractivity contribution < 1.29 is 29.2 Å². The lowest BCUT2D eigenvalue weighted by atomic mass is 9.71. The first-order valence-electron chi connectivity index (χ1n) is 13.0. The van der Waals surface area contributed by atoms with Gasteiger partial charge in [0.1, 0.15) is 18.4 Å². The number of phenolic OH excluding ortho intramolecular Hbond substituents is 1. The van der Waals surface area contributed by atoms with Crippen LogP contribution in [-0.4, -0.2) is 72.3 Å². The Hall–Kier alpha value is -3.45. The summed E-state index contributed by atoms with van der Waals surface area (Å²) >= 11 is 0. The number of aryl methyl sites for hydroxylation is 1. The van der Waals surface area contributed by atoms with Crippen molar-refractivity contribution in [2.45, 2.75) is 56.9 Å². The molecule has 9 heteroatoms. The summed E-state index contributed by atoms with van der Waals surface area (Å²) in [4.78, 5) is 4.36. The SMILES string of the molecule is C=CCOc1c(C)c2c(c3c1CC1C4c5c(cc(C)c(OC)c5O)CC([C@H](C#N)N1[C@H]3CO)N4C)OCO2. The van der Waals surface area contributed by atoms with E-state index in [1.165, 1.54) is 0 Å². The Labute approximate surface area is 222 Å². The molecule has 4 heterocycles. The van der Waals surface area contributed by atoms with Gasteiger partial charge in [-0.3, -0.25) is 9.80 Å². The zero-order valence-corrected chi connectivity index (χ0v) is 22.2. The fourth-order valence-electron chi connectivity index (χ4n) is 7.34. The number of hydrogen-bond donors (Lipinski definition) is 2. The molecule has 4 aliphatic rings. The van der Waals surface area contributed by atoms with Crippen LogP contribution in [0.2, 0.25) is 0 Å². The van der Waals surface area contributed by atoms with Crippen molar-refractivity contribution in [3.63, 3.8) is 0 Å². The van der Waals surface area contributed by atoms with Gasteiger partial charge in [-0.05, 0) is 44.9 Å². The smallest absolute Gasteiger partial charge is 0.231 e. The first-order valence-corrected chi connectivity index (χ1v) is 13.0. The summed E-state index contributed by atoms with van der Waals surface area (Å²) in [5.41, 5.74) is 5.31. The van der Waals surface area contributed by atoms with Crippen LogP contribution < -0.4 is 18.9 Å². The highest BCUT2D eigenvalue weighted by atomic mass is 16.7. The van der Waals surface area contributed by atoms with Crippen LogP contribution in [0.1, 0.15) is 45.5 Å². The van der Waals surface area contributed by atoms with Gasteiger partial charge in [0.25, 0.3) is 0 Å². The molecule has 4 aliphatic heterocycles. The lowest BCUT2D eigenvalue weighted by Gasteiger charge is -2.59. The number of ether oxygens (including phenoxy) is 4. The summed E-state index contributed by atoms with van der Waals surface area (Å²) in [7, 11) is 3.59. The maximum Gasteiger partial charge on any atom is 0.231 e. The summed E-state index contributed by atoms with van der Waals surface area (Å²) < 4.78 is 23.6. The van der Waals surface area contributed by atoms with E-state index >= 15 is 0 Å². The van der Waals surface area contributed by atoms with Gasteiger partial charge >= 0.3 is 0 Å². The summed E-state index contributed by atoms with van der Waals surface area (Å²) in [5, 5.41) is 32.8. The van der Waals surface area contributed by atoms with Gasteiger partial charge in [0.15, 0.2) is 23.0 Å². The van der Waals surface area contributed by atoms with E-state index in [1.54, 1.807) is 13.2 Å². The first kappa shape index (κ1) is 24.9. The molecule has 2 aromatic rings. The largest absolute Gasteiger partial charge is 0.504 e. The Morgan fingerprint density at radius 3 is 2.63 bits per heavy atom. The number of phenols is 1. The number of piperazine rings is 1. The van der Waals surface area contributed by atoms with Crippen molar-refractivity contribution in [3.8, 4) is 34.8 Å². The molecule has 5 atom stereocenters. The molecule has 0 amide bonds. The van der Waals surface area contributed by atoms with Gasteiger partial charge < -0.3 is 29.2 Å². The Kier molecular flexibility index (Phi) is 5.94. The van der Waals surface area contributed by atoms with E-state index in [9.17, 15) is 15.5 Å². The summed E-state index contributed by atoms with van der Waals surface area (Å²) in [5.74, 6) is 2.54. The highest BCUT2D eigenvalue weighted by Crippen LogP contribution is 2.58. The molecule has 1 saturated heterocycles. The van der Waals surface area contributed by atoms with Gasteiger partial charge in [-0.25, -0.2) is 0 Å². The minimum Gasteiger partial charge on any atom is -0.504 e. The third-order valence-corrected chi connectivity index (χ3v) is 8.78. The molecule has 0 aromatic heterocycles. The summed E-state index contributed by atoms with van der Waals surface area (Å²) in [6, 6.07) is 3.06. The quantitative estimate of drug-likeness (QED) is 0.576. The average molecular weight is 520 g/mol. The van der Waals surface area contributed by atoms with Gasteiger partial charge in [0.05, 0.1) is 31.9 Å². The van der Waals surface area contributed by atoms with Gasteiger partial charge in [-0.1, -0.05) is 18.7 Å². The minimum absolute atomic E-state index is 0.0885. The lowest BCUT2D eigenvalue weighted by molar-refractivity contribution is -0.0825. The monoisotopic (exact) mass is 519 g/mol. The maximum atomic E-state index is 11.5. The lowest BCUT2D eigenvalue weighted by Crippen LogP contribution is -2.68. The molecular weight excluding hydrogens is 486 g/mol. The fourth-order valence-corrected chi connectivity index (χ4v) is 7.34. The van der Waals surface area contributed by atoms with E-state index < -0.39 is 12.1 Å². The Balaban J connectivity index is 1.60. The Morgan fingerprint density at radius 2 is 1.95 bits per heavy atom. The second kappa shape index (κ2) is 9.09. The molecular formula is C29H33N3O6. The number of nitrogens with zero attached hydrogens (tertiary/aromatic N) is 3. The number of benzene rings is 2. The number of rotatable bonds is 5. The molecule has 9 nitrogen and oxygen atoms in total. The highest BCUT2D eigenvalue weighted by Gasteiger charge is 2.56. The predicted molar refractivity (Wildman–Crippen MR) is 139 cm³/mol. The third-order valence-electron chi connectivity index (χ3n) is 8.78. The molecule has 0 saturated carbocycles. The highest BCUT2D eigenvalue weighted by molar-refractivity contribution is 5.66. The van der Waals surface area contributed by atoms with E-state index in [4.69, 9.17) is 18.9 Å². The van der Waals surface area contributed by atoms with Crippen LogP contribution in [0.5, 0.6) is 28.7 Å². The summed E-state index contributed by atoms with van der Waals surface area (Å²) in [6.07, 6.45) is 2.83. The van der Waals surface area contributed by atoms with Crippen LogP contribution in [-0.2, 0) is 12.8 Å². The molecule has 2 aromatic carbocycles. The third kappa shape index (κ3) is 3.20.